The van der Waals surface area contributed by atoms with Crippen LogP contribution in [0.15, 0.2) is 36.4 Å². The van der Waals surface area contributed by atoms with E-state index >= 15 is 0 Å². The molecular weight excluding hydrogens is 279 g/mol. The fraction of sp³-hybridized carbons (Fsp3) is 0.250. The zero-order valence-corrected chi connectivity index (χ0v) is 11.5. The Hall–Kier alpha value is -1.85. The summed E-state index contributed by atoms with van der Waals surface area (Å²) in [7, 11) is 0. The minimum absolute atomic E-state index is 0.0394. The molecule has 2 unspecified atom stereocenters. The molecule has 2 atom stereocenters. The third-order valence-corrected chi connectivity index (χ3v) is 3.49. The van der Waals surface area contributed by atoms with Gasteiger partial charge in [0, 0.05) is 12.5 Å². The minimum Gasteiger partial charge on any atom is -0.388 e. The lowest BCUT2D eigenvalue weighted by Gasteiger charge is -2.22. The first kappa shape index (κ1) is 15.5. The summed E-state index contributed by atoms with van der Waals surface area (Å²) in [6.07, 6.45) is -1.22. The molecule has 2 aromatic rings. The number of hydrogen-bond donors (Lipinski definition) is 2. The van der Waals surface area contributed by atoms with Gasteiger partial charge in [-0.15, -0.1) is 0 Å². The van der Waals surface area contributed by atoms with Crippen molar-refractivity contribution >= 4 is 0 Å². The van der Waals surface area contributed by atoms with E-state index in [0.717, 1.165) is 23.3 Å². The van der Waals surface area contributed by atoms with Crippen LogP contribution in [-0.4, -0.2) is 11.7 Å². The number of aliphatic hydroxyl groups excluding tert-OH is 1. The normalized spacial score (nSPS) is 14.0. The highest BCUT2D eigenvalue weighted by molar-refractivity contribution is 5.30. The number of aliphatic hydroxyl groups is 1. The lowest BCUT2D eigenvalue weighted by molar-refractivity contribution is 0.146. The second-order valence-electron chi connectivity index (χ2n) is 5.00. The van der Waals surface area contributed by atoms with E-state index in [9.17, 15) is 18.3 Å². The van der Waals surface area contributed by atoms with Crippen LogP contribution in [-0.2, 0) is 0 Å². The maximum atomic E-state index is 13.3. The van der Waals surface area contributed by atoms with Gasteiger partial charge in [-0.05, 0) is 30.2 Å². The van der Waals surface area contributed by atoms with Gasteiger partial charge in [-0.3, -0.25) is 0 Å². The maximum absolute atomic E-state index is 13.3. The standard InChI is InChI=1S/C16H16F3NO/c1-9-2-4-10(5-3-9)12(8-20)16(21)11-6-13(17)15(19)14(18)7-11/h2-7,12,16,21H,8,20H2,1H3. The van der Waals surface area contributed by atoms with Crippen molar-refractivity contribution < 1.29 is 18.3 Å². The number of aryl methyl sites for hydroxylation is 1. The van der Waals surface area contributed by atoms with Crippen molar-refractivity contribution in [1.82, 2.24) is 0 Å². The summed E-state index contributed by atoms with van der Waals surface area (Å²) in [6.45, 7) is 2.01. The number of rotatable bonds is 4. The van der Waals surface area contributed by atoms with Crippen molar-refractivity contribution in [2.24, 2.45) is 5.73 Å². The quantitative estimate of drug-likeness (QED) is 0.851. The van der Waals surface area contributed by atoms with Crippen molar-refractivity contribution in [3.8, 4) is 0 Å². The summed E-state index contributed by atoms with van der Waals surface area (Å²) in [4.78, 5) is 0. The summed E-state index contributed by atoms with van der Waals surface area (Å²) < 4.78 is 39.5. The van der Waals surface area contributed by atoms with Crippen LogP contribution in [0.4, 0.5) is 13.2 Å². The van der Waals surface area contributed by atoms with E-state index in [-0.39, 0.29) is 12.1 Å². The Balaban J connectivity index is 2.36. The molecule has 21 heavy (non-hydrogen) atoms. The van der Waals surface area contributed by atoms with Gasteiger partial charge in [-0.25, -0.2) is 13.2 Å². The van der Waals surface area contributed by atoms with Crippen LogP contribution in [0.2, 0.25) is 0 Å². The first-order valence-corrected chi connectivity index (χ1v) is 6.53. The van der Waals surface area contributed by atoms with Gasteiger partial charge in [-0.2, -0.15) is 0 Å². The summed E-state index contributed by atoms with van der Waals surface area (Å²) in [6, 6.07) is 8.89. The summed E-state index contributed by atoms with van der Waals surface area (Å²) in [5.74, 6) is -4.74. The van der Waals surface area contributed by atoms with Gasteiger partial charge in [-0.1, -0.05) is 29.8 Å². The second-order valence-corrected chi connectivity index (χ2v) is 5.00. The number of halogens is 3. The summed E-state index contributed by atoms with van der Waals surface area (Å²) in [5, 5.41) is 10.3. The molecule has 0 amide bonds. The van der Waals surface area contributed by atoms with E-state index in [1.807, 2.05) is 19.1 Å². The lowest BCUT2D eigenvalue weighted by atomic mass is 9.88. The van der Waals surface area contributed by atoms with Crippen LogP contribution in [0.25, 0.3) is 0 Å². The average molecular weight is 295 g/mol. The van der Waals surface area contributed by atoms with E-state index in [2.05, 4.69) is 0 Å². The minimum atomic E-state index is -1.55. The molecule has 2 nitrogen and oxygen atoms in total. The largest absolute Gasteiger partial charge is 0.388 e. The van der Waals surface area contributed by atoms with Gasteiger partial charge in [0.05, 0.1) is 6.10 Å². The molecular formula is C16H16F3NO. The van der Waals surface area contributed by atoms with Gasteiger partial charge in [0.25, 0.3) is 0 Å². The fourth-order valence-electron chi connectivity index (χ4n) is 2.24. The zero-order valence-electron chi connectivity index (χ0n) is 11.5. The molecule has 5 heteroatoms. The zero-order chi connectivity index (χ0) is 15.6. The van der Waals surface area contributed by atoms with Gasteiger partial charge in [0.1, 0.15) is 0 Å². The SMILES string of the molecule is Cc1ccc(C(CN)C(O)c2cc(F)c(F)c(F)c2)cc1. The molecule has 0 saturated heterocycles. The van der Waals surface area contributed by atoms with Gasteiger partial charge >= 0.3 is 0 Å². The van der Waals surface area contributed by atoms with Crippen LogP contribution >= 0.6 is 0 Å². The molecule has 0 saturated carbocycles. The highest BCUT2D eigenvalue weighted by Gasteiger charge is 2.24. The highest BCUT2D eigenvalue weighted by Crippen LogP contribution is 2.31. The molecule has 0 radical (unpaired) electrons. The predicted octanol–water partition coefficient (Wildman–Crippen LogP) is 3.19. The molecule has 0 fully saturated rings. The summed E-state index contributed by atoms with van der Waals surface area (Å²) in [5.41, 5.74) is 7.42. The highest BCUT2D eigenvalue weighted by atomic mass is 19.2. The molecule has 2 aromatic carbocycles. The Kier molecular flexibility index (Phi) is 4.65. The maximum Gasteiger partial charge on any atom is 0.194 e. The number of benzene rings is 2. The van der Waals surface area contributed by atoms with Gasteiger partial charge < -0.3 is 10.8 Å². The Bertz CT molecular complexity index is 605. The van der Waals surface area contributed by atoms with Crippen molar-refractivity contribution in [1.29, 1.82) is 0 Å². The van der Waals surface area contributed by atoms with Crippen LogP contribution in [0.1, 0.15) is 28.7 Å². The molecule has 112 valence electrons. The molecule has 0 spiro atoms. The van der Waals surface area contributed by atoms with E-state index in [4.69, 9.17) is 5.73 Å². The molecule has 0 aliphatic heterocycles. The third-order valence-electron chi connectivity index (χ3n) is 3.49. The van der Waals surface area contributed by atoms with E-state index < -0.39 is 29.5 Å². The third kappa shape index (κ3) is 3.25. The Morgan fingerprint density at radius 2 is 1.52 bits per heavy atom. The smallest absolute Gasteiger partial charge is 0.194 e. The van der Waals surface area contributed by atoms with Crippen molar-refractivity contribution in [3.63, 3.8) is 0 Å². The molecule has 3 N–H and O–H groups in total. The Labute approximate surface area is 121 Å². The monoisotopic (exact) mass is 295 g/mol. The van der Waals surface area contributed by atoms with Crippen molar-refractivity contribution in [2.45, 2.75) is 18.9 Å². The lowest BCUT2D eigenvalue weighted by Crippen LogP contribution is -2.20. The second kappa shape index (κ2) is 6.28. The molecule has 2 rings (SSSR count). The van der Waals surface area contributed by atoms with E-state index in [1.54, 1.807) is 12.1 Å². The number of hydrogen-bond acceptors (Lipinski definition) is 2. The molecule has 0 bridgehead atoms. The first-order chi connectivity index (χ1) is 9.93. The molecule has 0 heterocycles. The van der Waals surface area contributed by atoms with E-state index in [0.29, 0.717) is 0 Å². The Morgan fingerprint density at radius 1 is 1.00 bits per heavy atom. The van der Waals surface area contributed by atoms with Gasteiger partial charge in [0.2, 0.25) is 0 Å². The van der Waals surface area contributed by atoms with Crippen LogP contribution < -0.4 is 5.73 Å². The van der Waals surface area contributed by atoms with Crippen LogP contribution in [0.5, 0.6) is 0 Å². The fourth-order valence-corrected chi connectivity index (χ4v) is 2.24. The van der Waals surface area contributed by atoms with Crippen LogP contribution in [0, 0.1) is 24.4 Å². The average Bonchev–Trinajstić information content (AvgIpc) is 2.46. The molecule has 0 aliphatic carbocycles. The van der Waals surface area contributed by atoms with Crippen molar-refractivity contribution in [2.75, 3.05) is 6.54 Å². The van der Waals surface area contributed by atoms with Crippen molar-refractivity contribution in [3.05, 3.63) is 70.5 Å². The van der Waals surface area contributed by atoms with E-state index in [1.165, 1.54) is 0 Å². The number of nitrogens with two attached hydrogens (primary N) is 1. The van der Waals surface area contributed by atoms with Crippen LogP contribution in [0.3, 0.4) is 0 Å². The Morgan fingerprint density at radius 3 is 2.00 bits per heavy atom. The molecule has 0 aliphatic rings. The first-order valence-electron chi connectivity index (χ1n) is 6.53. The summed E-state index contributed by atoms with van der Waals surface area (Å²) >= 11 is 0. The molecule has 0 aromatic heterocycles. The van der Waals surface area contributed by atoms with Gasteiger partial charge in [0.15, 0.2) is 17.5 Å². The topological polar surface area (TPSA) is 46.2 Å². The predicted molar refractivity (Wildman–Crippen MR) is 74.3 cm³/mol.